The molecule has 0 saturated heterocycles. The molecule has 7 heavy (non-hydrogen) atoms. The summed E-state index contributed by atoms with van der Waals surface area (Å²) >= 11 is 0. The van der Waals surface area contributed by atoms with Crippen molar-refractivity contribution in [2.45, 2.75) is 6.92 Å². The van der Waals surface area contributed by atoms with Crippen molar-refractivity contribution in [1.29, 1.82) is 0 Å². The number of carbonyl (C=O) groups is 1. The summed E-state index contributed by atoms with van der Waals surface area (Å²) in [4.78, 5) is 9.45. The Morgan fingerprint density at radius 2 is 1.86 bits per heavy atom. The van der Waals surface area contributed by atoms with Gasteiger partial charge in [0, 0.05) is 24.0 Å². The summed E-state index contributed by atoms with van der Waals surface area (Å²) in [6.45, 7) is 1.22. The van der Waals surface area contributed by atoms with Crippen molar-refractivity contribution in [2.24, 2.45) is 0 Å². The number of halogens is 1. The molecule has 0 spiro atoms. The van der Waals surface area contributed by atoms with Gasteiger partial charge in [0.1, 0.15) is 0 Å². The van der Waals surface area contributed by atoms with Gasteiger partial charge in [0.15, 0.2) is 0 Å². The zero-order valence-electron chi connectivity index (χ0n) is 3.62. The Hall–Kier alpha value is 0.239. The van der Waals surface area contributed by atoms with E-state index in [9.17, 15) is 4.79 Å². The molecule has 46 valence electrons. The van der Waals surface area contributed by atoms with Crippen LogP contribution in [0.4, 0.5) is 0 Å². The predicted molar refractivity (Wildman–Crippen MR) is 22.9 cm³/mol. The van der Waals surface area contributed by atoms with E-state index in [4.69, 9.17) is 5.21 Å². The minimum atomic E-state index is -0.440. The van der Waals surface area contributed by atoms with Crippen LogP contribution >= 0.6 is 12.4 Å². The summed E-state index contributed by atoms with van der Waals surface area (Å²) in [5, 5.41) is 7.54. The van der Waals surface area contributed by atoms with E-state index in [-0.39, 0.29) is 29.5 Å². The summed E-state index contributed by atoms with van der Waals surface area (Å²) in [7, 11) is 0. The predicted octanol–water partition coefficient (Wildman–Crippen LogP) is -0.0690. The van der Waals surface area contributed by atoms with E-state index in [1.165, 1.54) is 12.4 Å². The van der Waals surface area contributed by atoms with Gasteiger partial charge < -0.3 is 0 Å². The second-order valence-corrected chi connectivity index (χ2v) is 0.668. The molecule has 0 aliphatic rings. The standard InChI is InChI=1S/C2H5NO2.ClH.Fe/c1-2(4)3-5;;/h5H,1H3,(H,3,4);1H;. The first-order valence-electron chi connectivity index (χ1n) is 1.18. The molecule has 0 radical (unpaired) electrons. The van der Waals surface area contributed by atoms with Crippen LogP contribution in [0.25, 0.3) is 0 Å². The number of amides is 1. The van der Waals surface area contributed by atoms with Gasteiger partial charge in [0.05, 0.1) is 0 Å². The average Bonchev–Trinajstić information content (AvgIpc) is 1.38. The van der Waals surface area contributed by atoms with Crippen LogP contribution in [0.3, 0.4) is 0 Å². The van der Waals surface area contributed by atoms with E-state index in [0.717, 1.165) is 0 Å². The first-order valence-corrected chi connectivity index (χ1v) is 1.18. The van der Waals surface area contributed by atoms with Crippen molar-refractivity contribution in [1.82, 2.24) is 5.48 Å². The van der Waals surface area contributed by atoms with Gasteiger partial charge in [-0.3, -0.25) is 10.0 Å². The molecule has 0 rings (SSSR count). The molecular formula is C2H6ClFeNO2. The van der Waals surface area contributed by atoms with Gasteiger partial charge in [-0.2, -0.15) is 0 Å². The molecule has 1 amide bonds. The SMILES string of the molecule is CC(=O)NO.Cl.[Fe]. The number of hydrogen-bond donors (Lipinski definition) is 2. The second-order valence-electron chi connectivity index (χ2n) is 0.668. The molecule has 0 bridgehead atoms. The van der Waals surface area contributed by atoms with Crippen LogP contribution in [0, 0.1) is 0 Å². The minimum absolute atomic E-state index is 0. The maximum absolute atomic E-state index is 9.45. The van der Waals surface area contributed by atoms with Crippen molar-refractivity contribution >= 4 is 18.3 Å². The minimum Gasteiger partial charge on any atom is -0.289 e. The zero-order chi connectivity index (χ0) is 4.28. The first-order chi connectivity index (χ1) is 2.27. The molecule has 0 aliphatic heterocycles. The van der Waals surface area contributed by atoms with Crippen LogP contribution in [0.1, 0.15) is 6.92 Å². The van der Waals surface area contributed by atoms with Gasteiger partial charge in [-0.15, -0.1) is 12.4 Å². The molecule has 0 heterocycles. The van der Waals surface area contributed by atoms with Crippen molar-refractivity contribution in [3.8, 4) is 0 Å². The van der Waals surface area contributed by atoms with Crippen molar-refractivity contribution < 1.29 is 27.1 Å². The Bertz CT molecular complexity index is 51.0. The zero-order valence-corrected chi connectivity index (χ0v) is 5.54. The molecule has 2 N–H and O–H groups in total. The van der Waals surface area contributed by atoms with Gasteiger partial charge in [0.2, 0.25) is 5.91 Å². The van der Waals surface area contributed by atoms with Crippen molar-refractivity contribution in [3.63, 3.8) is 0 Å². The normalized spacial score (nSPS) is 4.86. The molecule has 3 nitrogen and oxygen atoms in total. The van der Waals surface area contributed by atoms with Crippen LogP contribution in [0.5, 0.6) is 0 Å². The van der Waals surface area contributed by atoms with Gasteiger partial charge in [0.25, 0.3) is 0 Å². The monoisotopic (exact) mass is 167 g/mol. The Kier molecular flexibility index (Phi) is 21.3. The molecule has 0 unspecified atom stereocenters. The first kappa shape index (κ1) is 15.7. The van der Waals surface area contributed by atoms with E-state index in [1.54, 1.807) is 0 Å². The molecule has 0 aromatic heterocycles. The summed E-state index contributed by atoms with van der Waals surface area (Å²) in [5.74, 6) is -0.440. The number of rotatable bonds is 0. The average molecular weight is 167 g/mol. The van der Waals surface area contributed by atoms with Crippen LogP contribution in [0.15, 0.2) is 0 Å². The van der Waals surface area contributed by atoms with E-state index in [2.05, 4.69) is 0 Å². The third kappa shape index (κ3) is 22.4. The summed E-state index contributed by atoms with van der Waals surface area (Å²) in [6, 6.07) is 0. The smallest absolute Gasteiger partial charge is 0.240 e. The third-order valence-electron chi connectivity index (χ3n) is 0.157. The molecule has 0 aliphatic carbocycles. The van der Waals surface area contributed by atoms with Gasteiger partial charge in [-0.1, -0.05) is 0 Å². The van der Waals surface area contributed by atoms with E-state index in [1.807, 2.05) is 0 Å². The third-order valence-corrected chi connectivity index (χ3v) is 0.157. The number of hydrogen-bond acceptors (Lipinski definition) is 2. The Morgan fingerprint density at radius 3 is 1.86 bits per heavy atom. The largest absolute Gasteiger partial charge is 0.289 e. The number of carbonyl (C=O) groups excluding carboxylic acids is 1. The Morgan fingerprint density at radius 1 is 1.71 bits per heavy atom. The number of nitrogens with one attached hydrogen (secondary N) is 1. The van der Waals surface area contributed by atoms with Crippen molar-refractivity contribution in [3.05, 3.63) is 0 Å². The fraction of sp³-hybridized carbons (Fsp3) is 0.500. The van der Waals surface area contributed by atoms with E-state index in [0.29, 0.717) is 0 Å². The molecule has 0 atom stereocenters. The van der Waals surface area contributed by atoms with Crippen LogP contribution in [-0.4, -0.2) is 11.1 Å². The van der Waals surface area contributed by atoms with Gasteiger partial charge in [-0.25, -0.2) is 5.48 Å². The fourth-order valence-corrected chi connectivity index (χ4v) is 0. The summed E-state index contributed by atoms with van der Waals surface area (Å²) in [5.41, 5.74) is 1.39. The molecule has 0 fully saturated rings. The van der Waals surface area contributed by atoms with Crippen LogP contribution in [0.2, 0.25) is 0 Å². The van der Waals surface area contributed by atoms with E-state index >= 15 is 0 Å². The van der Waals surface area contributed by atoms with E-state index < -0.39 is 5.91 Å². The quantitative estimate of drug-likeness (QED) is 0.301. The molecule has 0 saturated carbocycles. The molecule has 0 aromatic carbocycles. The van der Waals surface area contributed by atoms with Crippen LogP contribution in [-0.2, 0) is 21.9 Å². The molecule has 5 heteroatoms. The maximum atomic E-state index is 9.45. The summed E-state index contributed by atoms with van der Waals surface area (Å²) in [6.07, 6.45) is 0. The van der Waals surface area contributed by atoms with Gasteiger partial charge >= 0.3 is 0 Å². The second kappa shape index (κ2) is 9.53. The Balaban J connectivity index is -0.0000000800. The van der Waals surface area contributed by atoms with Crippen LogP contribution < -0.4 is 5.48 Å². The molecule has 0 aromatic rings. The topological polar surface area (TPSA) is 49.3 Å². The molecular weight excluding hydrogens is 161 g/mol. The summed E-state index contributed by atoms with van der Waals surface area (Å²) < 4.78 is 0. The van der Waals surface area contributed by atoms with Gasteiger partial charge in [-0.05, 0) is 0 Å². The Labute approximate surface area is 58.3 Å². The van der Waals surface area contributed by atoms with Crippen molar-refractivity contribution in [2.75, 3.05) is 0 Å². The fourth-order valence-electron chi connectivity index (χ4n) is 0. The maximum Gasteiger partial charge on any atom is 0.240 e. The number of hydroxylamine groups is 1.